The van der Waals surface area contributed by atoms with E-state index in [1.165, 1.54) is 39.0 Å². The van der Waals surface area contributed by atoms with Crippen molar-refractivity contribution in [2.24, 2.45) is 11.8 Å². The van der Waals surface area contributed by atoms with Crippen LogP contribution in [0.25, 0.3) is 0 Å². The third kappa shape index (κ3) is 2.47. The van der Waals surface area contributed by atoms with Crippen molar-refractivity contribution >= 4 is 0 Å². The maximum absolute atomic E-state index is 9.35. The van der Waals surface area contributed by atoms with Crippen molar-refractivity contribution in [3.63, 3.8) is 0 Å². The highest BCUT2D eigenvalue weighted by Gasteiger charge is 2.30. The van der Waals surface area contributed by atoms with E-state index in [1.807, 2.05) is 6.92 Å². The first-order valence-electron chi connectivity index (χ1n) is 5.87. The zero-order valence-electron chi connectivity index (χ0n) is 9.08. The first-order chi connectivity index (χ1) is 6.75. The molecule has 0 aromatic carbocycles. The Morgan fingerprint density at radius 1 is 1.29 bits per heavy atom. The second-order valence-electron chi connectivity index (χ2n) is 4.91. The third-order valence-electron chi connectivity index (χ3n) is 3.63. The lowest BCUT2D eigenvalue weighted by Gasteiger charge is -2.21. The number of β-amino-alcohol motifs (C(OH)–C–C–N with tert-alkyl or cyclic N) is 1. The van der Waals surface area contributed by atoms with E-state index in [-0.39, 0.29) is 6.10 Å². The van der Waals surface area contributed by atoms with Crippen LogP contribution in [0.2, 0.25) is 0 Å². The lowest BCUT2D eigenvalue weighted by Crippen LogP contribution is -2.32. The van der Waals surface area contributed by atoms with Crippen molar-refractivity contribution in [3.8, 4) is 0 Å². The number of nitrogens with zero attached hydrogens (tertiary/aromatic N) is 1. The summed E-state index contributed by atoms with van der Waals surface area (Å²) in [6.45, 7) is 7.52. The second-order valence-corrected chi connectivity index (χ2v) is 4.91. The summed E-state index contributed by atoms with van der Waals surface area (Å²) in [6, 6.07) is 0. The minimum Gasteiger partial charge on any atom is -0.392 e. The molecule has 0 aromatic heterocycles. The first-order valence-corrected chi connectivity index (χ1v) is 5.87. The Kier molecular flexibility index (Phi) is 3.42. The topological polar surface area (TPSA) is 35.5 Å². The van der Waals surface area contributed by atoms with Crippen molar-refractivity contribution < 1.29 is 5.11 Å². The molecule has 3 heteroatoms. The lowest BCUT2D eigenvalue weighted by molar-refractivity contribution is 0.127. The SMILES string of the molecule is C[C@@H](O)CN1CCC2CNCC2CC1. The van der Waals surface area contributed by atoms with Crippen molar-refractivity contribution in [3.05, 3.63) is 0 Å². The molecule has 0 amide bonds. The number of aliphatic hydroxyl groups is 1. The molecule has 0 aliphatic carbocycles. The van der Waals surface area contributed by atoms with Gasteiger partial charge in [0.25, 0.3) is 0 Å². The van der Waals surface area contributed by atoms with Gasteiger partial charge in [-0.1, -0.05) is 0 Å². The Hall–Kier alpha value is -0.120. The number of rotatable bonds is 2. The Morgan fingerprint density at radius 2 is 1.86 bits per heavy atom. The molecular formula is C11H22N2O. The van der Waals surface area contributed by atoms with Crippen LogP contribution in [0.3, 0.4) is 0 Å². The Balaban J connectivity index is 1.83. The molecule has 2 heterocycles. The molecule has 2 unspecified atom stereocenters. The van der Waals surface area contributed by atoms with E-state index >= 15 is 0 Å². The van der Waals surface area contributed by atoms with Gasteiger partial charge in [-0.05, 0) is 57.8 Å². The Morgan fingerprint density at radius 3 is 2.36 bits per heavy atom. The van der Waals surface area contributed by atoms with Gasteiger partial charge in [0.2, 0.25) is 0 Å². The number of likely N-dealkylation sites (tertiary alicyclic amines) is 1. The van der Waals surface area contributed by atoms with Gasteiger partial charge in [0.1, 0.15) is 0 Å². The average Bonchev–Trinajstić information content (AvgIpc) is 2.50. The van der Waals surface area contributed by atoms with E-state index in [1.54, 1.807) is 0 Å². The smallest absolute Gasteiger partial charge is 0.0639 e. The van der Waals surface area contributed by atoms with Crippen LogP contribution in [0.5, 0.6) is 0 Å². The molecule has 2 fully saturated rings. The fourth-order valence-electron chi connectivity index (χ4n) is 2.83. The zero-order chi connectivity index (χ0) is 9.97. The van der Waals surface area contributed by atoms with Crippen LogP contribution in [0.15, 0.2) is 0 Å². The summed E-state index contributed by atoms with van der Waals surface area (Å²) < 4.78 is 0. The van der Waals surface area contributed by atoms with E-state index in [9.17, 15) is 5.11 Å². The van der Waals surface area contributed by atoms with Crippen LogP contribution >= 0.6 is 0 Å². The van der Waals surface area contributed by atoms with Gasteiger partial charge < -0.3 is 15.3 Å². The van der Waals surface area contributed by atoms with Gasteiger partial charge >= 0.3 is 0 Å². The van der Waals surface area contributed by atoms with Gasteiger partial charge in [-0.2, -0.15) is 0 Å². The highest BCUT2D eigenvalue weighted by Crippen LogP contribution is 2.26. The maximum atomic E-state index is 9.35. The molecule has 3 nitrogen and oxygen atoms in total. The molecular weight excluding hydrogens is 176 g/mol. The third-order valence-corrected chi connectivity index (χ3v) is 3.63. The van der Waals surface area contributed by atoms with Crippen molar-refractivity contribution in [1.82, 2.24) is 10.2 Å². The molecule has 82 valence electrons. The quantitative estimate of drug-likeness (QED) is 0.670. The summed E-state index contributed by atoms with van der Waals surface area (Å²) in [5.41, 5.74) is 0. The predicted octanol–water partition coefficient (Wildman–Crippen LogP) is 0.299. The predicted molar refractivity (Wildman–Crippen MR) is 57.2 cm³/mol. The molecule has 2 aliphatic rings. The summed E-state index contributed by atoms with van der Waals surface area (Å²) in [7, 11) is 0. The molecule has 0 saturated carbocycles. The van der Waals surface area contributed by atoms with Gasteiger partial charge in [0.05, 0.1) is 6.10 Å². The molecule has 2 N–H and O–H groups in total. The number of hydrogen-bond donors (Lipinski definition) is 2. The largest absolute Gasteiger partial charge is 0.392 e. The van der Waals surface area contributed by atoms with Gasteiger partial charge in [0, 0.05) is 6.54 Å². The van der Waals surface area contributed by atoms with Crippen LogP contribution in [0, 0.1) is 11.8 Å². The summed E-state index contributed by atoms with van der Waals surface area (Å²) >= 11 is 0. The maximum Gasteiger partial charge on any atom is 0.0639 e. The Labute approximate surface area is 86.5 Å². The highest BCUT2D eigenvalue weighted by atomic mass is 16.3. The van der Waals surface area contributed by atoms with E-state index in [2.05, 4.69) is 10.2 Å². The molecule has 0 aromatic rings. The molecule has 2 rings (SSSR count). The zero-order valence-corrected chi connectivity index (χ0v) is 9.08. The highest BCUT2D eigenvalue weighted by molar-refractivity contribution is 4.85. The van der Waals surface area contributed by atoms with Gasteiger partial charge in [0.15, 0.2) is 0 Å². The van der Waals surface area contributed by atoms with Gasteiger partial charge in [-0.25, -0.2) is 0 Å². The van der Waals surface area contributed by atoms with Crippen LogP contribution < -0.4 is 5.32 Å². The minimum absolute atomic E-state index is 0.175. The number of nitrogens with one attached hydrogen (secondary N) is 1. The lowest BCUT2D eigenvalue weighted by atomic mass is 9.92. The minimum atomic E-state index is -0.175. The molecule has 2 saturated heterocycles. The first kappa shape index (κ1) is 10.4. The van der Waals surface area contributed by atoms with Crippen molar-refractivity contribution in [2.45, 2.75) is 25.9 Å². The average molecular weight is 198 g/mol. The Bertz CT molecular complexity index is 170. The summed E-state index contributed by atoms with van der Waals surface area (Å²) in [6.07, 6.45) is 2.44. The van der Waals surface area contributed by atoms with Crippen LogP contribution in [0.1, 0.15) is 19.8 Å². The van der Waals surface area contributed by atoms with E-state index in [0.717, 1.165) is 18.4 Å². The normalized spacial score (nSPS) is 36.4. The van der Waals surface area contributed by atoms with Crippen LogP contribution in [0.4, 0.5) is 0 Å². The van der Waals surface area contributed by atoms with Crippen LogP contribution in [-0.4, -0.2) is 48.8 Å². The number of aliphatic hydroxyl groups excluding tert-OH is 1. The summed E-state index contributed by atoms with van der Waals surface area (Å²) in [4.78, 5) is 2.42. The molecule has 0 spiro atoms. The standard InChI is InChI=1S/C11H22N2O/c1-9(14)8-13-4-2-10-6-12-7-11(10)3-5-13/h9-12,14H,2-8H2,1H3/t9-,10?,11?/m1/s1. The van der Waals surface area contributed by atoms with Gasteiger partial charge in [-0.15, -0.1) is 0 Å². The second kappa shape index (κ2) is 4.60. The van der Waals surface area contributed by atoms with E-state index in [0.29, 0.717) is 0 Å². The monoisotopic (exact) mass is 198 g/mol. The van der Waals surface area contributed by atoms with E-state index in [4.69, 9.17) is 0 Å². The molecule has 2 aliphatic heterocycles. The van der Waals surface area contributed by atoms with Crippen molar-refractivity contribution in [2.75, 3.05) is 32.7 Å². The summed E-state index contributed by atoms with van der Waals surface area (Å²) in [5, 5.41) is 12.8. The molecule has 0 radical (unpaired) electrons. The van der Waals surface area contributed by atoms with E-state index < -0.39 is 0 Å². The fraction of sp³-hybridized carbons (Fsp3) is 1.00. The summed E-state index contributed by atoms with van der Waals surface area (Å²) in [5.74, 6) is 1.79. The van der Waals surface area contributed by atoms with Gasteiger partial charge in [-0.3, -0.25) is 0 Å². The molecule has 14 heavy (non-hydrogen) atoms. The van der Waals surface area contributed by atoms with Crippen LogP contribution in [-0.2, 0) is 0 Å². The molecule has 3 atom stereocenters. The van der Waals surface area contributed by atoms with Crippen molar-refractivity contribution in [1.29, 1.82) is 0 Å². The molecule has 0 bridgehead atoms. The number of hydrogen-bond acceptors (Lipinski definition) is 3. The number of fused-ring (bicyclic) bond motifs is 1. The fourth-order valence-corrected chi connectivity index (χ4v) is 2.83.